The van der Waals surface area contributed by atoms with Gasteiger partial charge in [-0.15, -0.1) is 0 Å². The number of rotatable bonds is 8. The van der Waals surface area contributed by atoms with Gasteiger partial charge in [-0.3, -0.25) is 14.4 Å². The van der Waals surface area contributed by atoms with Gasteiger partial charge < -0.3 is 15.5 Å². The molecule has 3 amide bonds. The predicted octanol–water partition coefficient (Wildman–Crippen LogP) is 2.61. The standard InChI is InChI=1S/C21H24FN3O3/c1-3-25(4-2)21(28)16-8-6-10-18(13-16)24-20(27)14-23-19(26)12-15-7-5-9-17(22)11-15/h5-11,13H,3-4,12,14H2,1-2H3,(H,23,26)(H,24,27). The molecule has 0 aromatic heterocycles. The molecular formula is C21H24FN3O3. The summed E-state index contributed by atoms with van der Waals surface area (Å²) in [6.45, 7) is 4.79. The first-order chi connectivity index (χ1) is 13.4. The molecule has 0 saturated heterocycles. The molecule has 0 aliphatic carbocycles. The second-order valence-corrected chi connectivity index (χ2v) is 6.19. The van der Waals surface area contributed by atoms with Crippen LogP contribution < -0.4 is 10.6 Å². The normalized spacial score (nSPS) is 10.2. The van der Waals surface area contributed by atoms with Gasteiger partial charge in [-0.2, -0.15) is 0 Å². The second-order valence-electron chi connectivity index (χ2n) is 6.19. The monoisotopic (exact) mass is 385 g/mol. The van der Waals surface area contributed by atoms with Crippen molar-refractivity contribution in [2.45, 2.75) is 20.3 Å². The van der Waals surface area contributed by atoms with Gasteiger partial charge >= 0.3 is 0 Å². The van der Waals surface area contributed by atoms with E-state index < -0.39 is 11.7 Å². The Morgan fingerprint density at radius 3 is 2.36 bits per heavy atom. The first-order valence-electron chi connectivity index (χ1n) is 9.13. The fraction of sp³-hybridized carbons (Fsp3) is 0.286. The lowest BCUT2D eigenvalue weighted by Crippen LogP contribution is -2.34. The predicted molar refractivity (Wildman–Crippen MR) is 105 cm³/mol. The number of nitrogens with one attached hydrogen (secondary N) is 2. The molecule has 0 bridgehead atoms. The molecule has 0 radical (unpaired) electrons. The van der Waals surface area contributed by atoms with Gasteiger partial charge in [0.25, 0.3) is 5.91 Å². The highest BCUT2D eigenvalue weighted by Crippen LogP contribution is 2.13. The van der Waals surface area contributed by atoms with Crippen LogP contribution in [0.1, 0.15) is 29.8 Å². The molecule has 0 fully saturated rings. The Morgan fingerprint density at radius 1 is 0.964 bits per heavy atom. The molecule has 28 heavy (non-hydrogen) atoms. The van der Waals surface area contributed by atoms with Crippen LogP contribution in [0.5, 0.6) is 0 Å². The van der Waals surface area contributed by atoms with Crippen LogP contribution in [0, 0.1) is 5.82 Å². The molecule has 0 spiro atoms. The highest BCUT2D eigenvalue weighted by Gasteiger charge is 2.13. The first-order valence-corrected chi connectivity index (χ1v) is 9.13. The largest absolute Gasteiger partial charge is 0.347 e. The highest BCUT2D eigenvalue weighted by molar-refractivity contribution is 5.98. The third-order valence-corrected chi connectivity index (χ3v) is 4.14. The lowest BCUT2D eigenvalue weighted by Gasteiger charge is -2.19. The van der Waals surface area contributed by atoms with Gasteiger partial charge in [-0.1, -0.05) is 18.2 Å². The third-order valence-electron chi connectivity index (χ3n) is 4.14. The lowest BCUT2D eigenvalue weighted by atomic mass is 10.1. The van der Waals surface area contributed by atoms with Gasteiger partial charge in [-0.05, 0) is 49.7 Å². The van der Waals surface area contributed by atoms with Crippen molar-refractivity contribution >= 4 is 23.4 Å². The summed E-state index contributed by atoms with van der Waals surface area (Å²) in [6.07, 6.45) is -0.0150. The molecule has 0 heterocycles. The van der Waals surface area contributed by atoms with Crippen molar-refractivity contribution in [3.05, 3.63) is 65.5 Å². The quantitative estimate of drug-likeness (QED) is 0.733. The summed E-state index contributed by atoms with van der Waals surface area (Å²) >= 11 is 0. The van der Waals surface area contributed by atoms with E-state index in [1.165, 1.54) is 18.2 Å². The molecule has 0 unspecified atom stereocenters. The summed E-state index contributed by atoms with van der Waals surface area (Å²) in [5, 5.41) is 5.15. The molecule has 2 aromatic carbocycles. The molecule has 0 atom stereocenters. The number of hydrogen-bond donors (Lipinski definition) is 2. The summed E-state index contributed by atoms with van der Waals surface area (Å²) in [5.41, 5.74) is 1.49. The van der Waals surface area contributed by atoms with Gasteiger partial charge in [-0.25, -0.2) is 4.39 Å². The van der Waals surface area contributed by atoms with Crippen molar-refractivity contribution in [2.75, 3.05) is 25.0 Å². The molecular weight excluding hydrogens is 361 g/mol. The second kappa shape index (κ2) is 10.2. The highest BCUT2D eigenvalue weighted by atomic mass is 19.1. The van der Waals surface area contributed by atoms with Gasteiger partial charge in [0.05, 0.1) is 13.0 Å². The first kappa shape index (κ1) is 21.1. The third kappa shape index (κ3) is 6.19. The summed E-state index contributed by atoms with van der Waals surface area (Å²) in [6, 6.07) is 12.4. The number of anilines is 1. The Kier molecular flexibility index (Phi) is 7.68. The number of nitrogens with zero attached hydrogens (tertiary/aromatic N) is 1. The summed E-state index contributed by atoms with van der Waals surface area (Å²) in [4.78, 5) is 38.0. The van der Waals surface area contributed by atoms with E-state index in [0.717, 1.165) is 0 Å². The molecule has 2 rings (SSSR count). The smallest absolute Gasteiger partial charge is 0.253 e. The fourth-order valence-electron chi connectivity index (χ4n) is 2.70. The van der Waals surface area contributed by atoms with Crippen LogP contribution in [-0.2, 0) is 16.0 Å². The Hall–Kier alpha value is -3.22. The summed E-state index contributed by atoms with van der Waals surface area (Å²) in [5.74, 6) is -1.32. The lowest BCUT2D eigenvalue weighted by molar-refractivity contribution is -0.123. The van der Waals surface area contributed by atoms with Crippen LogP contribution in [-0.4, -0.2) is 42.3 Å². The molecule has 6 nitrogen and oxygen atoms in total. The van der Waals surface area contributed by atoms with Gasteiger partial charge in [0, 0.05) is 24.3 Å². The Morgan fingerprint density at radius 2 is 1.68 bits per heavy atom. The van der Waals surface area contributed by atoms with Crippen molar-refractivity contribution in [1.82, 2.24) is 10.2 Å². The number of hydrogen-bond acceptors (Lipinski definition) is 3. The topological polar surface area (TPSA) is 78.5 Å². The van der Waals surface area contributed by atoms with Crippen LogP contribution in [0.25, 0.3) is 0 Å². The maximum Gasteiger partial charge on any atom is 0.253 e. The van der Waals surface area contributed by atoms with Gasteiger partial charge in [0.1, 0.15) is 5.82 Å². The van der Waals surface area contributed by atoms with E-state index in [2.05, 4.69) is 10.6 Å². The van der Waals surface area contributed by atoms with E-state index in [0.29, 0.717) is 29.9 Å². The zero-order chi connectivity index (χ0) is 20.5. The van der Waals surface area contributed by atoms with E-state index in [9.17, 15) is 18.8 Å². The number of benzene rings is 2. The molecule has 0 saturated carbocycles. The van der Waals surface area contributed by atoms with Crippen LogP contribution in [0.3, 0.4) is 0 Å². The average Bonchev–Trinajstić information content (AvgIpc) is 2.67. The van der Waals surface area contributed by atoms with Crippen molar-refractivity contribution in [3.8, 4) is 0 Å². The summed E-state index contributed by atoms with van der Waals surface area (Å²) in [7, 11) is 0. The van der Waals surface area contributed by atoms with Crippen LogP contribution in [0.4, 0.5) is 10.1 Å². The SMILES string of the molecule is CCN(CC)C(=O)c1cccc(NC(=O)CNC(=O)Cc2cccc(F)c2)c1. The fourth-order valence-corrected chi connectivity index (χ4v) is 2.70. The Balaban J connectivity index is 1.88. The zero-order valence-electron chi connectivity index (χ0n) is 16.0. The minimum atomic E-state index is -0.417. The Bertz CT molecular complexity index is 850. The number of halogens is 1. The summed E-state index contributed by atoms with van der Waals surface area (Å²) < 4.78 is 13.1. The minimum absolute atomic E-state index is 0.0150. The number of carbonyl (C=O) groups excluding carboxylic acids is 3. The molecule has 148 valence electrons. The van der Waals surface area contributed by atoms with E-state index in [1.54, 1.807) is 35.2 Å². The maximum absolute atomic E-state index is 13.1. The van der Waals surface area contributed by atoms with E-state index in [1.807, 2.05) is 13.8 Å². The van der Waals surface area contributed by atoms with E-state index in [4.69, 9.17) is 0 Å². The maximum atomic E-state index is 13.1. The van der Waals surface area contributed by atoms with Crippen molar-refractivity contribution in [2.24, 2.45) is 0 Å². The van der Waals surface area contributed by atoms with Crippen LogP contribution in [0.15, 0.2) is 48.5 Å². The van der Waals surface area contributed by atoms with Crippen molar-refractivity contribution in [1.29, 1.82) is 0 Å². The van der Waals surface area contributed by atoms with E-state index >= 15 is 0 Å². The average molecular weight is 385 g/mol. The minimum Gasteiger partial charge on any atom is -0.347 e. The van der Waals surface area contributed by atoms with Crippen molar-refractivity contribution in [3.63, 3.8) is 0 Å². The number of amides is 3. The van der Waals surface area contributed by atoms with Gasteiger partial charge in [0.15, 0.2) is 0 Å². The Labute approximate surface area is 163 Å². The molecule has 2 N–H and O–H groups in total. The van der Waals surface area contributed by atoms with Crippen LogP contribution >= 0.6 is 0 Å². The molecule has 2 aromatic rings. The van der Waals surface area contributed by atoms with Crippen LogP contribution in [0.2, 0.25) is 0 Å². The molecule has 7 heteroatoms. The van der Waals surface area contributed by atoms with Gasteiger partial charge in [0.2, 0.25) is 11.8 Å². The molecule has 0 aliphatic rings. The number of carbonyl (C=O) groups is 3. The van der Waals surface area contributed by atoms with Crippen molar-refractivity contribution < 1.29 is 18.8 Å². The molecule has 0 aliphatic heterocycles. The zero-order valence-corrected chi connectivity index (χ0v) is 16.0. The van der Waals surface area contributed by atoms with E-state index in [-0.39, 0.29) is 24.8 Å².